The number of carbonyl (C=O) groups is 1. The highest BCUT2D eigenvalue weighted by Crippen LogP contribution is 2.19. The third-order valence-electron chi connectivity index (χ3n) is 3.25. The van der Waals surface area contributed by atoms with Gasteiger partial charge in [0, 0.05) is 12.6 Å². The van der Waals surface area contributed by atoms with Gasteiger partial charge in [0.1, 0.15) is 0 Å². The highest BCUT2D eigenvalue weighted by molar-refractivity contribution is 5.80. The van der Waals surface area contributed by atoms with E-state index in [9.17, 15) is 4.79 Å². The number of primary amides is 1. The predicted octanol–water partition coefficient (Wildman–Crippen LogP) is 0.0782. The van der Waals surface area contributed by atoms with E-state index in [1.54, 1.807) is 0 Å². The molecule has 0 aromatic rings. The zero-order valence-corrected chi connectivity index (χ0v) is 9.24. The van der Waals surface area contributed by atoms with Crippen LogP contribution in [-0.4, -0.2) is 42.5 Å². The zero-order valence-electron chi connectivity index (χ0n) is 9.24. The van der Waals surface area contributed by atoms with Crippen molar-refractivity contribution in [2.45, 2.75) is 44.2 Å². The van der Waals surface area contributed by atoms with Gasteiger partial charge in [-0.3, -0.25) is 4.79 Å². The van der Waals surface area contributed by atoms with E-state index in [2.05, 4.69) is 10.2 Å². The van der Waals surface area contributed by atoms with Gasteiger partial charge in [0.2, 0.25) is 5.91 Å². The van der Waals surface area contributed by atoms with Crippen LogP contribution >= 0.6 is 0 Å². The molecule has 3 N–H and O–H groups in total. The largest absolute Gasteiger partial charge is 0.368 e. The number of hydrogen-bond acceptors (Lipinski definition) is 3. The van der Waals surface area contributed by atoms with Crippen molar-refractivity contribution in [1.82, 2.24) is 10.2 Å². The Bertz CT molecular complexity index is 222. The summed E-state index contributed by atoms with van der Waals surface area (Å²) < 4.78 is 0. The van der Waals surface area contributed by atoms with Crippen molar-refractivity contribution >= 4 is 5.91 Å². The van der Waals surface area contributed by atoms with Crippen LogP contribution in [0.1, 0.15) is 32.1 Å². The number of nitrogens with zero attached hydrogens (tertiary/aromatic N) is 1. The second-order valence-corrected chi connectivity index (χ2v) is 4.76. The minimum Gasteiger partial charge on any atom is -0.368 e. The van der Waals surface area contributed by atoms with Crippen molar-refractivity contribution in [1.29, 1.82) is 0 Å². The molecular weight excluding hydrogens is 190 g/mol. The van der Waals surface area contributed by atoms with E-state index in [-0.39, 0.29) is 11.9 Å². The number of rotatable bonds is 5. The molecule has 4 nitrogen and oxygen atoms in total. The Morgan fingerprint density at radius 2 is 2.00 bits per heavy atom. The molecule has 1 saturated carbocycles. The van der Waals surface area contributed by atoms with E-state index >= 15 is 0 Å². The first-order valence-corrected chi connectivity index (χ1v) is 6.03. The Morgan fingerprint density at radius 1 is 1.33 bits per heavy atom. The van der Waals surface area contributed by atoms with Crippen molar-refractivity contribution in [3.05, 3.63) is 0 Å². The van der Waals surface area contributed by atoms with Gasteiger partial charge in [-0.25, -0.2) is 0 Å². The number of carbonyl (C=O) groups excluding carboxylic acids is 1. The molecule has 0 spiro atoms. The van der Waals surface area contributed by atoms with E-state index in [0.717, 1.165) is 19.6 Å². The molecule has 1 atom stereocenters. The van der Waals surface area contributed by atoms with E-state index in [0.29, 0.717) is 6.04 Å². The fraction of sp³-hybridized carbons (Fsp3) is 0.909. The average molecular weight is 211 g/mol. The average Bonchev–Trinajstić information content (AvgIpc) is 3.02. The molecule has 86 valence electrons. The normalized spacial score (nSPS) is 25.1. The van der Waals surface area contributed by atoms with E-state index < -0.39 is 0 Å². The topological polar surface area (TPSA) is 58.4 Å². The van der Waals surface area contributed by atoms with E-state index in [1.807, 2.05) is 0 Å². The standard InChI is InChI=1S/C11H21N3O/c12-11(15)10(13-9-4-5-9)8-14-6-2-1-3-7-14/h9-10,13H,1-8H2,(H2,12,15). The van der Waals surface area contributed by atoms with Crippen LogP contribution in [-0.2, 0) is 4.79 Å². The molecule has 2 aliphatic rings. The molecule has 2 fully saturated rings. The summed E-state index contributed by atoms with van der Waals surface area (Å²) in [6.07, 6.45) is 6.24. The fourth-order valence-corrected chi connectivity index (χ4v) is 2.16. The van der Waals surface area contributed by atoms with Crippen LogP contribution in [0.5, 0.6) is 0 Å². The monoisotopic (exact) mass is 211 g/mol. The number of piperidine rings is 1. The number of hydrogen-bond donors (Lipinski definition) is 2. The minimum atomic E-state index is -0.201. The third kappa shape index (κ3) is 3.47. The molecule has 1 heterocycles. The minimum absolute atomic E-state index is 0.143. The van der Waals surface area contributed by atoms with Crippen molar-refractivity contribution < 1.29 is 4.79 Å². The van der Waals surface area contributed by atoms with Gasteiger partial charge in [-0.1, -0.05) is 6.42 Å². The molecule has 1 aliphatic heterocycles. The van der Waals surface area contributed by atoms with E-state index in [1.165, 1.54) is 32.1 Å². The van der Waals surface area contributed by atoms with Crippen molar-refractivity contribution in [3.63, 3.8) is 0 Å². The lowest BCUT2D eigenvalue weighted by Crippen LogP contribution is -2.50. The lowest BCUT2D eigenvalue weighted by molar-refractivity contribution is -0.120. The number of amides is 1. The Labute approximate surface area is 91.2 Å². The van der Waals surface area contributed by atoms with Gasteiger partial charge in [-0.2, -0.15) is 0 Å². The van der Waals surface area contributed by atoms with Crippen molar-refractivity contribution in [3.8, 4) is 0 Å². The van der Waals surface area contributed by atoms with Crippen LogP contribution in [0.25, 0.3) is 0 Å². The Hall–Kier alpha value is -0.610. The summed E-state index contributed by atoms with van der Waals surface area (Å²) in [5.41, 5.74) is 5.40. The molecule has 0 radical (unpaired) electrons. The van der Waals surface area contributed by atoms with Gasteiger partial charge in [-0.05, 0) is 38.8 Å². The number of nitrogens with one attached hydrogen (secondary N) is 1. The van der Waals surface area contributed by atoms with Crippen LogP contribution in [0.3, 0.4) is 0 Å². The van der Waals surface area contributed by atoms with Crippen molar-refractivity contribution in [2.24, 2.45) is 5.73 Å². The summed E-state index contributed by atoms with van der Waals surface area (Å²) in [6.45, 7) is 3.04. The first-order chi connectivity index (χ1) is 7.25. The molecule has 0 aromatic carbocycles. The van der Waals surface area contributed by atoms with E-state index in [4.69, 9.17) is 5.73 Å². The Morgan fingerprint density at radius 3 is 2.53 bits per heavy atom. The van der Waals surface area contributed by atoms with Crippen LogP contribution in [0.2, 0.25) is 0 Å². The SMILES string of the molecule is NC(=O)C(CN1CCCCC1)NC1CC1. The summed E-state index contributed by atoms with van der Waals surface area (Å²) in [7, 11) is 0. The summed E-state index contributed by atoms with van der Waals surface area (Å²) in [4.78, 5) is 13.6. The molecule has 1 amide bonds. The molecule has 0 bridgehead atoms. The summed E-state index contributed by atoms with van der Waals surface area (Å²) in [5.74, 6) is -0.201. The second kappa shape index (κ2) is 4.94. The van der Waals surface area contributed by atoms with Crippen LogP contribution in [0, 0.1) is 0 Å². The highest BCUT2D eigenvalue weighted by atomic mass is 16.1. The lowest BCUT2D eigenvalue weighted by atomic mass is 10.1. The first-order valence-electron chi connectivity index (χ1n) is 6.03. The predicted molar refractivity (Wildman–Crippen MR) is 59.4 cm³/mol. The van der Waals surface area contributed by atoms with Crippen LogP contribution in [0.15, 0.2) is 0 Å². The van der Waals surface area contributed by atoms with Crippen molar-refractivity contribution in [2.75, 3.05) is 19.6 Å². The molecule has 4 heteroatoms. The first kappa shape index (κ1) is 10.9. The fourth-order valence-electron chi connectivity index (χ4n) is 2.16. The maximum Gasteiger partial charge on any atom is 0.235 e. The maximum absolute atomic E-state index is 11.3. The summed E-state index contributed by atoms with van der Waals surface area (Å²) in [6, 6.07) is 0.405. The molecule has 1 saturated heterocycles. The van der Waals surface area contributed by atoms with Gasteiger partial charge in [0.05, 0.1) is 6.04 Å². The molecule has 2 rings (SSSR count). The third-order valence-corrected chi connectivity index (χ3v) is 3.25. The van der Waals surface area contributed by atoms with Crippen LogP contribution in [0.4, 0.5) is 0 Å². The molecule has 1 unspecified atom stereocenters. The van der Waals surface area contributed by atoms with Crippen LogP contribution < -0.4 is 11.1 Å². The lowest BCUT2D eigenvalue weighted by Gasteiger charge is -2.29. The Kier molecular flexibility index (Phi) is 3.59. The highest BCUT2D eigenvalue weighted by Gasteiger charge is 2.28. The molecule has 1 aliphatic carbocycles. The smallest absolute Gasteiger partial charge is 0.235 e. The number of likely N-dealkylation sites (tertiary alicyclic amines) is 1. The molecule has 0 aromatic heterocycles. The van der Waals surface area contributed by atoms with Gasteiger partial charge in [0.15, 0.2) is 0 Å². The van der Waals surface area contributed by atoms with Gasteiger partial charge >= 0.3 is 0 Å². The van der Waals surface area contributed by atoms with Gasteiger partial charge in [-0.15, -0.1) is 0 Å². The van der Waals surface area contributed by atoms with Gasteiger partial charge < -0.3 is 16.0 Å². The second-order valence-electron chi connectivity index (χ2n) is 4.76. The maximum atomic E-state index is 11.3. The molecular formula is C11H21N3O. The molecule has 15 heavy (non-hydrogen) atoms. The van der Waals surface area contributed by atoms with Gasteiger partial charge in [0.25, 0.3) is 0 Å². The Balaban J connectivity index is 1.78. The summed E-state index contributed by atoms with van der Waals surface area (Å²) in [5, 5.41) is 3.32. The quantitative estimate of drug-likeness (QED) is 0.677. The zero-order chi connectivity index (χ0) is 10.7. The summed E-state index contributed by atoms with van der Waals surface area (Å²) >= 11 is 0. The number of nitrogens with two attached hydrogens (primary N) is 1.